The molecule has 0 radical (unpaired) electrons. The second-order valence-electron chi connectivity index (χ2n) is 30.3. The van der Waals surface area contributed by atoms with Crippen molar-refractivity contribution in [3.05, 3.63) is 119 Å². The van der Waals surface area contributed by atoms with Gasteiger partial charge in [0.05, 0.1) is 50.7 Å². The van der Waals surface area contributed by atoms with Crippen molar-refractivity contribution >= 4 is 5.97 Å². The summed E-state index contributed by atoms with van der Waals surface area (Å²) in [5.74, 6) is 1.08. The highest BCUT2D eigenvalue weighted by Gasteiger charge is 2.69. The van der Waals surface area contributed by atoms with E-state index in [2.05, 4.69) is 92.7 Å². The molecule has 0 amide bonds. The van der Waals surface area contributed by atoms with Crippen LogP contribution < -0.4 is 5.73 Å². The summed E-state index contributed by atoms with van der Waals surface area (Å²) in [6.07, 6.45) is 5.75. The van der Waals surface area contributed by atoms with Gasteiger partial charge in [-0.3, -0.25) is 4.79 Å². The second kappa shape index (κ2) is 24.6. The van der Waals surface area contributed by atoms with Gasteiger partial charge in [0.1, 0.15) is 36.6 Å². The molecule has 12 rings (SSSR count). The van der Waals surface area contributed by atoms with Crippen LogP contribution in [-0.4, -0.2) is 98.7 Å². The van der Waals surface area contributed by atoms with Crippen LogP contribution in [0.5, 0.6) is 0 Å². The van der Waals surface area contributed by atoms with Crippen molar-refractivity contribution in [3.63, 3.8) is 0 Å². The van der Waals surface area contributed by atoms with Crippen LogP contribution in [0.4, 0.5) is 0 Å². The molecule has 12 unspecified atom stereocenters. The first kappa shape index (κ1) is 62.6. The van der Waals surface area contributed by atoms with Gasteiger partial charge < -0.3 is 57.8 Å². The van der Waals surface area contributed by atoms with E-state index in [9.17, 15) is 0 Å². The molecule has 0 bridgehead atoms. The van der Waals surface area contributed by atoms with Crippen molar-refractivity contribution < 1.29 is 56.9 Å². The maximum absolute atomic E-state index is 16.1. The molecule has 5 aliphatic carbocycles. The first-order valence-electron chi connectivity index (χ1n) is 33.2. The molecule has 0 aromatic heterocycles. The Morgan fingerprint density at radius 1 is 0.628 bits per heavy atom. The number of rotatable bonds is 16. The highest BCUT2D eigenvalue weighted by atomic mass is 16.8. The molecule has 13 nitrogen and oxygen atoms in total. The summed E-state index contributed by atoms with van der Waals surface area (Å²) >= 11 is 0. The van der Waals surface area contributed by atoms with E-state index in [0.29, 0.717) is 31.2 Å². The number of allylic oxidation sites excluding steroid dienone is 2. The van der Waals surface area contributed by atoms with Gasteiger partial charge in [0.15, 0.2) is 18.4 Å². The molecule has 0 spiro atoms. The molecule has 4 aliphatic heterocycles. The summed E-state index contributed by atoms with van der Waals surface area (Å²) < 4.78 is 75.3. The van der Waals surface area contributed by atoms with Crippen molar-refractivity contribution in [1.29, 1.82) is 0 Å². The van der Waals surface area contributed by atoms with Gasteiger partial charge in [-0.25, -0.2) is 0 Å². The Morgan fingerprint density at radius 3 is 1.94 bits per heavy atom. The van der Waals surface area contributed by atoms with Crippen molar-refractivity contribution in [2.75, 3.05) is 13.2 Å². The third-order valence-electron chi connectivity index (χ3n) is 24.3. The molecule has 2 N–H and O–H groups in total. The van der Waals surface area contributed by atoms with Crippen LogP contribution >= 0.6 is 0 Å². The Bertz CT molecular complexity index is 2820. The van der Waals surface area contributed by atoms with Gasteiger partial charge in [-0.15, -0.1) is 0 Å². The molecule has 9 aliphatic rings. The van der Waals surface area contributed by atoms with E-state index in [1.54, 1.807) is 0 Å². The Balaban J connectivity index is 0.802. The number of esters is 1. The second-order valence-corrected chi connectivity index (χ2v) is 30.3. The summed E-state index contributed by atoms with van der Waals surface area (Å²) in [4.78, 5) is 16.1. The number of carbonyl (C=O) groups is 1. The van der Waals surface area contributed by atoms with Crippen LogP contribution in [0.15, 0.2) is 103 Å². The zero-order chi connectivity index (χ0) is 60.6. The smallest absolute Gasteiger partial charge is 0.315 e. The predicted molar refractivity (Wildman–Crippen MR) is 328 cm³/mol. The summed E-state index contributed by atoms with van der Waals surface area (Å²) in [6, 6.07) is 29.9. The van der Waals surface area contributed by atoms with Crippen molar-refractivity contribution in [1.82, 2.24) is 0 Å². The Morgan fingerprint density at radius 2 is 1.26 bits per heavy atom. The minimum Gasteiger partial charge on any atom is -0.432 e. The van der Waals surface area contributed by atoms with Crippen molar-refractivity contribution in [2.24, 2.45) is 74.2 Å². The average molecular weight is 1190 g/mol. The molecule has 86 heavy (non-hydrogen) atoms. The van der Waals surface area contributed by atoms with Crippen molar-refractivity contribution in [3.8, 4) is 0 Å². The van der Waals surface area contributed by atoms with Crippen LogP contribution in [0.2, 0.25) is 0 Å². The van der Waals surface area contributed by atoms with E-state index >= 15 is 4.79 Å². The number of hydrogen-bond donors (Lipinski definition) is 1. The molecule has 3 aromatic carbocycles. The lowest BCUT2D eigenvalue weighted by atomic mass is 9.34. The molecule has 4 heterocycles. The van der Waals surface area contributed by atoms with Crippen LogP contribution in [-0.2, 0) is 76.7 Å². The maximum Gasteiger partial charge on any atom is 0.315 e. The van der Waals surface area contributed by atoms with Gasteiger partial charge in [-0.1, -0.05) is 165 Å². The minimum atomic E-state index is -1.13. The zero-order valence-electron chi connectivity index (χ0n) is 53.8. The fourth-order valence-electron chi connectivity index (χ4n) is 18.7. The van der Waals surface area contributed by atoms with E-state index in [0.717, 1.165) is 73.0 Å². The minimum absolute atomic E-state index is 0.0316. The summed E-state index contributed by atoms with van der Waals surface area (Å²) in [5.41, 5.74) is 11.7. The van der Waals surface area contributed by atoms with E-state index in [-0.39, 0.29) is 65.4 Å². The number of fused-ring (bicyclic) bond motifs is 8. The first-order valence-corrected chi connectivity index (χ1v) is 33.2. The number of nitrogens with two attached hydrogens (primary N) is 1. The molecule has 472 valence electrons. The fourth-order valence-corrected chi connectivity index (χ4v) is 18.7. The summed E-state index contributed by atoms with van der Waals surface area (Å²) in [7, 11) is 0. The number of ether oxygens (including phenoxy) is 11. The topological polar surface area (TPSA) is 145 Å². The maximum atomic E-state index is 16.1. The highest BCUT2D eigenvalue weighted by molar-refractivity contribution is 5.79. The lowest BCUT2D eigenvalue weighted by Crippen LogP contribution is -2.65. The van der Waals surface area contributed by atoms with Crippen LogP contribution in [0.1, 0.15) is 164 Å². The van der Waals surface area contributed by atoms with Crippen molar-refractivity contribution in [2.45, 2.75) is 247 Å². The third-order valence-corrected chi connectivity index (χ3v) is 24.3. The monoisotopic (exact) mass is 1190 g/mol. The normalized spacial score (nSPS) is 44.2. The SMILES string of the molecule is CC1C(OCc2ccccc2)[C@H](OCc2ccccc2)CO[C@H]1O[C@H]1C(C)O[C@@H](OC2C(C)[C@@H](N)C(COCc3ccccc3)O[C@H]2OC(=O)[C@]23CCC(C)(C)CC2C2=CCC4C5(C)CC[C@H](C)C(C)[C@@H]5CC[C@@]4(C)[C@]2(C)CC3)C2OC(C)(C)OC21. The lowest BCUT2D eigenvalue weighted by molar-refractivity contribution is -0.353. The molecule has 8 fully saturated rings. The van der Waals surface area contributed by atoms with E-state index < -0.39 is 72.7 Å². The Labute approximate surface area is 514 Å². The number of benzene rings is 3. The molecular formula is C73H103NO12. The summed E-state index contributed by atoms with van der Waals surface area (Å²) in [5, 5.41) is 0. The van der Waals surface area contributed by atoms with E-state index in [1.165, 1.54) is 31.3 Å². The van der Waals surface area contributed by atoms with Gasteiger partial charge in [0, 0.05) is 17.9 Å². The van der Waals surface area contributed by atoms with Crippen LogP contribution in [0.25, 0.3) is 0 Å². The molecule has 4 saturated carbocycles. The average Bonchev–Trinajstić information content (AvgIpc) is 0.946. The predicted octanol–water partition coefficient (Wildman–Crippen LogP) is 13.7. The van der Waals surface area contributed by atoms with E-state index in [1.807, 2.05) is 87.5 Å². The highest BCUT2D eigenvalue weighted by Crippen LogP contribution is 2.75. The number of hydrogen-bond acceptors (Lipinski definition) is 13. The molecular weight excluding hydrogens is 1080 g/mol. The number of carbonyl (C=O) groups excluding carboxylic acids is 1. The third kappa shape index (κ3) is 11.7. The largest absolute Gasteiger partial charge is 0.432 e. The molecule has 13 heteroatoms. The van der Waals surface area contributed by atoms with E-state index in [4.69, 9.17) is 57.8 Å². The molecule has 23 atom stereocenters. The van der Waals surface area contributed by atoms with Gasteiger partial charge in [-0.2, -0.15) is 0 Å². The van der Waals surface area contributed by atoms with Crippen LogP contribution in [0, 0.1) is 68.5 Å². The Hall–Kier alpha value is -3.57. The first-order chi connectivity index (χ1) is 41.0. The van der Waals surface area contributed by atoms with Gasteiger partial charge in [0.2, 0.25) is 6.29 Å². The van der Waals surface area contributed by atoms with Gasteiger partial charge in [-0.05, 0) is 153 Å². The summed E-state index contributed by atoms with van der Waals surface area (Å²) in [6.45, 7) is 29.4. The molecule has 3 aromatic rings. The van der Waals surface area contributed by atoms with Gasteiger partial charge in [0.25, 0.3) is 0 Å². The standard InChI is InChI=1S/C73H103NO12/c1-44-30-32-70(10)52(45(44)2)31-33-72(12)57(70)29-28-53-54-38-68(6,7)34-36-73(54,37-35-71(53,72)11)67(75)84-65-60(46(3)58(74)55(81-65)42-76-39-49-22-16-13-17-23-49)82-66-63-62(85-69(8,9)86-63)61(48(5)80-66)83-64-47(4)59(78-41-51-26-20-15-21-27-51)56(43-79-64)77-40-50-24-18-14-19-25-50/h13-28,44-48,52,54-66H,29-43,74H2,1-12H3/t44-,45?,46?,47?,48?,52-,54?,55?,56+,57?,58+,59?,60?,61-,62?,63?,64-,65-,66-,70?,71+,72+,73-/m0/s1. The molecule has 4 saturated heterocycles. The zero-order valence-corrected chi connectivity index (χ0v) is 53.8. The van der Waals surface area contributed by atoms with Crippen LogP contribution in [0.3, 0.4) is 0 Å². The fraction of sp³-hybridized carbons (Fsp3) is 0.712. The quantitative estimate of drug-likeness (QED) is 0.107. The Kier molecular flexibility index (Phi) is 17.9. The van der Waals surface area contributed by atoms with Gasteiger partial charge >= 0.3 is 5.97 Å². The lowest BCUT2D eigenvalue weighted by Gasteiger charge is -2.70.